The standard InChI is InChI=1S/C21H24N6O4S/c1-14-4-5-18(15(2)10-14)27-19(16-11-32(30,31)12-17(16)25-27)24-21(29)20(28)23-6-3-8-26-9-7-22-13-26/h4-5,7,9-10,13H,3,6,8,11-12H2,1-2H3,(H,23,28)(H,24,29). The van der Waals surface area contributed by atoms with Gasteiger partial charge in [-0.25, -0.2) is 18.1 Å². The minimum atomic E-state index is -3.33. The first-order valence-electron chi connectivity index (χ1n) is 10.2. The lowest BCUT2D eigenvalue weighted by Gasteiger charge is -2.13. The van der Waals surface area contributed by atoms with Crippen LogP contribution < -0.4 is 10.6 Å². The van der Waals surface area contributed by atoms with Gasteiger partial charge in [0.05, 0.1) is 29.2 Å². The van der Waals surface area contributed by atoms with Crippen LogP contribution >= 0.6 is 0 Å². The Balaban J connectivity index is 1.51. The number of amides is 2. The minimum Gasteiger partial charge on any atom is -0.348 e. The third-order valence-electron chi connectivity index (χ3n) is 5.24. The fourth-order valence-corrected chi connectivity index (χ4v) is 5.21. The van der Waals surface area contributed by atoms with Gasteiger partial charge in [0.1, 0.15) is 5.82 Å². The molecule has 0 saturated carbocycles. The van der Waals surface area contributed by atoms with Crippen LogP contribution in [-0.2, 0) is 37.5 Å². The molecule has 0 aliphatic carbocycles. The summed E-state index contributed by atoms with van der Waals surface area (Å²) in [4.78, 5) is 28.9. The highest BCUT2D eigenvalue weighted by Crippen LogP contribution is 2.33. The van der Waals surface area contributed by atoms with Crippen LogP contribution in [0, 0.1) is 13.8 Å². The average molecular weight is 457 g/mol. The van der Waals surface area contributed by atoms with Crippen LogP contribution in [0.4, 0.5) is 5.82 Å². The van der Waals surface area contributed by atoms with Gasteiger partial charge in [0.25, 0.3) is 0 Å². The highest BCUT2D eigenvalue weighted by Gasteiger charge is 2.34. The molecule has 0 saturated heterocycles. The molecule has 0 spiro atoms. The van der Waals surface area contributed by atoms with Gasteiger partial charge in [-0.05, 0) is 31.9 Å². The molecule has 3 heterocycles. The highest BCUT2D eigenvalue weighted by molar-refractivity contribution is 7.90. The molecule has 0 unspecified atom stereocenters. The summed E-state index contributed by atoms with van der Waals surface area (Å²) in [5.41, 5.74) is 3.49. The Bertz CT molecular complexity index is 1280. The van der Waals surface area contributed by atoms with Crippen molar-refractivity contribution < 1.29 is 18.0 Å². The van der Waals surface area contributed by atoms with E-state index in [0.717, 1.165) is 11.1 Å². The van der Waals surface area contributed by atoms with Crippen LogP contribution in [0.1, 0.15) is 28.8 Å². The number of carbonyl (C=O) groups is 2. The fourth-order valence-electron chi connectivity index (χ4n) is 3.72. The first kappa shape index (κ1) is 21.8. The molecule has 32 heavy (non-hydrogen) atoms. The van der Waals surface area contributed by atoms with Gasteiger partial charge < -0.3 is 15.2 Å². The van der Waals surface area contributed by atoms with Crippen molar-refractivity contribution in [2.24, 2.45) is 0 Å². The molecule has 10 nitrogen and oxygen atoms in total. The fraction of sp³-hybridized carbons (Fsp3) is 0.333. The molecule has 3 aromatic rings. The van der Waals surface area contributed by atoms with E-state index in [1.165, 1.54) is 4.68 Å². The first-order valence-corrected chi connectivity index (χ1v) is 12.0. The van der Waals surface area contributed by atoms with E-state index < -0.39 is 21.7 Å². The predicted molar refractivity (Wildman–Crippen MR) is 118 cm³/mol. The maximum atomic E-state index is 12.6. The van der Waals surface area contributed by atoms with E-state index in [9.17, 15) is 18.0 Å². The molecule has 0 bridgehead atoms. The number of imidazole rings is 1. The Morgan fingerprint density at radius 1 is 1.16 bits per heavy atom. The minimum absolute atomic E-state index is 0.191. The zero-order valence-corrected chi connectivity index (χ0v) is 18.6. The summed E-state index contributed by atoms with van der Waals surface area (Å²) in [6, 6.07) is 5.73. The number of hydrogen-bond donors (Lipinski definition) is 2. The van der Waals surface area contributed by atoms with Crippen molar-refractivity contribution >= 4 is 27.5 Å². The number of aromatic nitrogens is 4. The molecule has 2 aromatic heterocycles. The number of rotatable bonds is 6. The molecule has 0 atom stereocenters. The second-order valence-corrected chi connectivity index (χ2v) is 9.94. The van der Waals surface area contributed by atoms with E-state index >= 15 is 0 Å². The number of nitrogens with one attached hydrogen (secondary N) is 2. The van der Waals surface area contributed by atoms with Crippen LogP contribution in [0.15, 0.2) is 36.9 Å². The summed E-state index contributed by atoms with van der Waals surface area (Å²) in [6.45, 7) is 4.84. The largest absolute Gasteiger partial charge is 0.348 e. The second-order valence-electron chi connectivity index (χ2n) is 7.87. The number of sulfone groups is 1. The summed E-state index contributed by atoms with van der Waals surface area (Å²) in [7, 11) is -3.33. The summed E-state index contributed by atoms with van der Waals surface area (Å²) in [6.07, 6.45) is 5.79. The number of aryl methyl sites for hydroxylation is 3. The normalized spacial score (nSPS) is 14.2. The molecule has 1 aromatic carbocycles. The number of anilines is 1. The molecule has 2 amide bonds. The molecular weight excluding hydrogens is 432 g/mol. The van der Waals surface area contributed by atoms with Crippen molar-refractivity contribution in [3.8, 4) is 5.69 Å². The Labute approximate surface area is 185 Å². The van der Waals surface area contributed by atoms with Crippen LogP contribution in [-0.4, -0.2) is 46.1 Å². The molecular formula is C21H24N6O4S. The summed E-state index contributed by atoms with van der Waals surface area (Å²) in [5.74, 6) is -1.87. The third kappa shape index (κ3) is 4.57. The van der Waals surface area contributed by atoms with Gasteiger partial charge in [0, 0.05) is 31.0 Å². The van der Waals surface area contributed by atoms with E-state index in [-0.39, 0.29) is 17.3 Å². The van der Waals surface area contributed by atoms with Crippen molar-refractivity contribution in [3.05, 3.63) is 59.3 Å². The Kier molecular flexibility index (Phi) is 5.83. The van der Waals surface area contributed by atoms with Gasteiger partial charge in [-0.2, -0.15) is 5.10 Å². The van der Waals surface area contributed by atoms with E-state index in [4.69, 9.17) is 0 Å². The number of benzene rings is 1. The summed E-state index contributed by atoms with van der Waals surface area (Å²) >= 11 is 0. The molecule has 1 aliphatic heterocycles. The molecule has 4 rings (SSSR count). The second kappa shape index (κ2) is 8.58. The summed E-state index contributed by atoms with van der Waals surface area (Å²) < 4.78 is 27.6. The van der Waals surface area contributed by atoms with E-state index in [0.29, 0.717) is 36.5 Å². The first-order chi connectivity index (χ1) is 15.2. The zero-order valence-electron chi connectivity index (χ0n) is 17.8. The molecule has 11 heteroatoms. The van der Waals surface area contributed by atoms with Crippen molar-refractivity contribution in [1.29, 1.82) is 0 Å². The number of carbonyl (C=O) groups excluding carboxylic acids is 2. The maximum Gasteiger partial charge on any atom is 0.314 e. The quantitative estimate of drug-likeness (QED) is 0.425. The molecule has 0 fully saturated rings. The van der Waals surface area contributed by atoms with Crippen molar-refractivity contribution in [3.63, 3.8) is 0 Å². The topological polar surface area (TPSA) is 128 Å². The average Bonchev–Trinajstić information content (AvgIpc) is 3.41. The third-order valence-corrected chi connectivity index (χ3v) is 6.69. The van der Waals surface area contributed by atoms with Crippen molar-refractivity contribution in [2.75, 3.05) is 11.9 Å². The van der Waals surface area contributed by atoms with Crippen LogP contribution in [0.25, 0.3) is 5.69 Å². The Morgan fingerprint density at radius 3 is 2.69 bits per heavy atom. The van der Waals surface area contributed by atoms with Crippen LogP contribution in [0.2, 0.25) is 0 Å². The SMILES string of the molecule is Cc1ccc(-n2nc3c(c2NC(=O)C(=O)NCCCn2ccnc2)CS(=O)(=O)C3)c(C)c1. The van der Waals surface area contributed by atoms with Crippen molar-refractivity contribution in [2.45, 2.75) is 38.3 Å². The molecule has 2 N–H and O–H groups in total. The van der Waals surface area contributed by atoms with Crippen molar-refractivity contribution in [1.82, 2.24) is 24.6 Å². The number of fused-ring (bicyclic) bond motifs is 1. The Morgan fingerprint density at radius 2 is 1.97 bits per heavy atom. The van der Waals surface area contributed by atoms with Crippen LogP contribution in [0.5, 0.6) is 0 Å². The molecule has 0 radical (unpaired) electrons. The lowest BCUT2D eigenvalue weighted by molar-refractivity contribution is -0.136. The highest BCUT2D eigenvalue weighted by atomic mass is 32.2. The van der Waals surface area contributed by atoms with Gasteiger partial charge in [-0.3, -0.25) is 9.59 Å². The molecule has 1 aliphatic rings. The van der Waals surface area contributed by atoms with E-state index in [2.05, 4.69) is 20.7 Å². The van der Waals surface area contributed by atoms with Gasteiger partial charge in [0.15, 0.2) is 9.84 Å². The van der Waals surface area contributed by atoms with Gasteiger partial charge in [-0.1, -0.05) is 17.7 Å². The maximum absolute atomic E-state index is 12.6. The van der Waals surface area contributed by atoms with Gasteiger partial charge >= 0.3 is 11.8 Å². The predicted octanol–water partition coefficient (Wildman–Crippen LogP) is 1.26. The van der Waals surface area contributed by atoms with Gasteiger partial charge in [0.2, 0.25) is 0 Å². The Hall–Kier alpha value is -3.47. The van der Waals surface area contributed by atoms with E-state index in [1.807, 2.05) is 42.8 Å². The smallest absolute Gasteiger partial charge is 0.314 e. The van der Waals surface area contributed by atoms with E-state index in [1.54, 1.807) is 12.5 Å². The lowest BCUT2D eigenvalue weighted by Crippen LogP contribution is -2.36. The van der Waals surface area contributed by atoms with Gasteiger partial charge in [-0.15, -0.1) is 0 Å². The summed E-state index contributed by atoms with van der Waals surface area (Å²) in [5, 5.41) is 9.63. The van der Waals surface area contributed by atoms with Crippen LogP contribution in [0.3, 0.4) is 0 Å². The number of nitrogens with zero attached hydrogens (tertiary/aromatic N) is 4. The number of hydrogen-bond acceptors (Lipinski definition) is 6. The monoisotopic (exact) mass is 456 g/mol. The molecule has 168 valence electrons. The lowest BCUT2D eigenvalue weighted by atomic mass is 10.1. The zero-order chi connectivity index (χ0) is 22.9.